The van der Waals surface area contributed by atoms with Crippen molar-refractivity contribution >= 4 is 23.7 Å². The van der Waals surface area contributed by atoms with Gasteiger partial charge < -0.3 is 19.2 Å². The second-order valence-corrected chi connectivity index (χ2v) is 5.86. The first-order chi connectivity index (χ1) is 12.4. The average molecular weight is 364 g/mol. The van der Waals surface area contributed by atoms with Gasteiger partial charge in [0.05, 0.1) is 37.3 Å². The van der Waals surface area contributed by atoms with Gasteiger partial charge in [0.1, 0.15) is 11.8 Å². The van der Waals surface area contributed by atoms with Crippen LogP contribution in [-0.4, -0.2) is 54.1 Å². The van der Waals surface area contributed by atoms with E-state index in [0.29, 0.717) is 12.9 Å². The third kappa shape index (κ3) is 3.98. The minimum Gasteiger partial charge on any atom is -0.493 e. The van der Waals surface area contributed by atoms with Crippen LogP contribution in [0, 0.1) is 10.1 Å². The van der Waals surface area contributed by atoms with E-state index in [1.165, 1.54) is 13.2 Å². The highest BCUT2D eigenvalue weighted by Crippen LogP contribution is 2.36. The maximum Gasteiger partial charge on any atom is 0.286 e. The molecule has 0 N–H and O–H groups in total. The maximum absolute atomic E-state index is 12.7. The fourth-order valence-corrected chi connectivity index (χ4v) is 2.68. The van der Waals surface area contributed by atoms with E-state index in [0.717, 1.165) is 23.8 Å². The number of hydrogen-bond acceptors (Lipinski definition) is 7. The lowest BCUT2D eigenvalue weighted by Crippen LogP contribution is -2.37. The number of ether oxygens (including phenoxy) is 2. The van der Waals surface area contributed by atoms with Gasteiger partial charge in [-0.05, 0) is 6.42 Å². The summed E-state index contributed by atoms with van der Waals surface area (Å²) in [4.78, 5) is 47.2. The molecule has 0 spiro atoms. The molecule has 9 nitrogen and oxygen atoms in total. The Bertz CT molecular complexity index is 732. The summed E-state index contributed by atoms with van der Waals surface area (Å²) in [5.41, 5.74) is -0.720. The second-order valence-electron chi connectivity index (χ2n) is 5.86. The van der Waals surface area contributed by atoms with Crippen molar-refractivity contribution in [2.24, 2.45) is 0 Å². The van der Waals surface area contributed by atoms with Gasteiger partial charge >= 0.3 is 0 Å². The van der Waals surface area contributed by atoms with Crippen LogP contribution in [0.15, 0.2) is 12.1 Å². The van der Waals surface area contributed by atoms with Crippen LogP contribution in [0.1, 0.15) is 36.5 Å². The van der Waals surface area contributed by atoms with Crippen LogP contribution in [0.5, 0.6) is 11.5 Å². The smallest absolute Gasteiger partial charge is 0.286 e. The number of methoxy groups -OCH3 is 1. The number of carbonyl (C=O) groups excluding carboxylic acids is 3. The molecule has 0 aromatic heterocycles. The van der Waals surface area contributed by atoms with Crippen molar-refractivity contribution in [2.45, 2.75) is 32.2 Å². The summed E-state index contributed by atoms with van der Waals surface area (Å²) in [6.07, 6.45) is 2.05. The SMILES string of the molecule is CCCCOc1cc([N+](=O)[O-])c(C(=O)N2CC(=O)C[C@@H]2C=O)cc1OC. The van der Waals surface area contributed by atoms with Crippen LogP contribution >= 0.6 is 0 Å². The number of hydrogen-bond donors (Lipinski definition) is 0. The predicted octanol–water partition coefficient (Wildman–Crippen LogP) is 1.76. The van der Waals surface area contributed by atoms with Crippen molar-refractivity contribution in [1.82, 2.24) is 4.90 Å². The quantitative estimate of drug-likeness (QED) is 0.299. The lowest BCUT2D eigenvalue weighted by Gasteiger charge is -2.20. The van der Waals surface area contributed by atoms with Crippen molar-refractivity contribution in [3.05, 3.63) is 27.8 Å². The first-order valence-electron chi connectivity index (χ1n) is 8.20. The Balaban J connectivity index is 2.43. The minimum absolute atomic E-state index is 0.0849. The molecule has 0 radical (unpaired) electrons. The number of Topliss-reactive ketones (excluding diaryl/α,β-unsaturated/α-hetero) is 1. The van der Waals surface area contributed by atoms with Crippen LogP contribution in [0.25, 0.3) is 0 Å². The lowest BCUT2D eigenvalue weighted by molar-refractivity contribution is -0.385. The Morgan fingerprint density at radius 2 is 2.15 bits per heavy atom. The van der Waals surface area contributed by atoms with Gasteiger partial charge in [0.2, 0.25) is 0 Å². The lowest BCUT2D eigenvalue weighted by atomic mass is 10.1. The number of nitro benzene ring substituents is 1. The van der Waals surface area contributed by atoms with Crippen molar-refractivity contribution < 1.29 is 28.8 Å². The molecular formula is C17H20N2O7. The van der Waals surface area contributed by atoms with E-state index in [2.05, 4.69) is 0 Å². The molecule has 1 aromatic carbocycles. The number of carbonyl (C=O) groups is 3. The summed E-state index contributed by atoms with van der Waals surface area (Å²) in [5.74, 6) is -0.709. The standard InChI is InChI=1S/C17H20N2O7/c1-3-4-5-26-16-8-14(19(23)24)13(7-15(16)25-2)17(22)18-9-12(21)6-11(18)10-20/h7-8,10-11H,3-6,9H2,1-2H3/t11-/m1/s1. The Morgan fingerprint density at radius 3 is 2.73 bits per heavy atom. The number of ketones is 1. The summed E-state index contributed by atoms with van der Waals surface area (Å²) >= 11 is 0. The zero-order chi connectivity index (χ0) is 19.3. The monoisotopic (exact) mass is 364 g/mol. The number of rotatable bonds is 8. The van der Waals surface area contributed by atoms with Gasteiger partial charge in [0.25, 0.3) is 11.6 Å². The van der Waals surface area contributed by atoms with Crippen LogP contribution in [0.4, 0.5) is 5.69 Å². The molecule has 26 heavy (non-hydrogen) atoms. The highest BCUT2D eigenvalue weighted by molar-refractivity contribution is 6.04. The molecule has 2 rings (SSSR count). The summed E-state index contributed by atoms with van der Waals surface area (Å²) < 4.78 is 10.7. The third-order valence-corrected chi connectivity index (χ3v) is 4.07. The van der Waals surface area contributed by atoms with Gasteiger partial charge in [-0.3, -0.25) is 19.7 Å². The maximum atomic E-state index is 12.7. The summed E-state index contributed by atoms with van der Waals surface area (Å²) in [6, 6.07) is 1.43. The summed E-state index contributed by atoms with van der Waals surface area (Å²) in [5, 5.41) is 11.4. The molecule has 0 unspecified atom stereocenters. The molecule has 0 aliphatic carbocycles. The van der Waals surface area contributed by atoms with Gasteiger partial charge in [-0.1, -0.05) is 13.3 Å². The third-order valence-electron chi connectivity index (χ3n) is 4.07. The van der Waals surface area contributed by atoms with Crippen LogP contribution in [0.2, 0.25) is 0 Å². The Morgan fingerprint density at radius 1 is 1.42 bits per heavy atom. The fraction of sp³-hybridized carbons (Fsp3) is 0.471. The van der Waals surface area contributed by atoms with Crippen molar-refractivity contribution in [3.8, 4) is 11.5 Å². The van der Waals surface area contributed by atoms with E-state index in [9.17, 15) is 24.5 Å². The molecule has 0 bridgehead atoms. The van der Waals surface area contributed by atoms with Gasteiger partial charge in [0, 0.05) is 12.5 Å². The molecule has 1 fully saturated rings. The van der Waals surface area contributed by atoms with E-state index in [1.54, 1.807) is 0 Å². The molecular weight excluding hydrogens is 344 g/mol. The zero-order valence-electron chi connectivity index (χ0n) is 14.6. The molecule has 1 saturated heterocycles. The van der Waals surface area contributed by atoms with Gasteiger partial charge in [0.15, 0.2) is 17.3 Å². The second kappa shape index (κ2) is 8.41. The summed E-state index contributed by atoms with van der Waals surface area (Å²) in [7, 11) is 1.36. The van der Waals surface area contributed by atoms with E-state index in [4.69, 9.17) is 9.47 Å². The van der Waals surface area contributed by atoms with Gasteiger partial charge in [-0.15, -0.1) is 0 Å². The Labute approximate surface area is 150 Å². The largest absolute Gasteiger partial charge is 0.493 e. The number of aldehydes is 1. The summed E-state index contributed by atoms with van der Waals surface area (Å²) in [6.45, 7) is 2.08. The number of nitrogens with zero attached hydrogens (tertiary/aromatic N) is 2. The molecule has 1 aliphatic heterocycles. The predicted molar refractivity (Wildman–Crippen MR) is 90.6 cm³/mol. The molecule has 140 valence electrons. The van der Waals surface area contributed by atoms with Gasteiger partial charge in [-0.2, -0.15) is 0 Å². The number of likely N-dealkylation sites (tertiary alicyclic amines) is 1. The Hall–Kier alpha value is -2.97. The van der Waals surface area contributed by atoms with E-state index < -0.39 is 22.6 Å². The first kappa shape index (κ1) is 19.4. The zero-order valence-corrected chi connectivity index (χ0v) is 14.6. The average Bonchev–Trinajstić information content (AvgIpc) is 3.01. The molecule has 1 aliphatic rings. The molecule has 0 saturated carbocycles. The van der Waals surface area contributed by atoms with Crippen LogP contribution in [-0.2, 0) is 9.59 Å². The molecule has 9 heteroatoms. The molecule has 1 atom stereocenters. The van der Waals surface area contributed by atoms with Crippen LogP contribution in [0.3, 0.4) is 0 Å². The fourth-order valence-electron chi connectivity index (χ4n) is 2.68. The van der Waals surface area contributed by atoms with E-state index in [-0.39, 0.29) is 35.8 Å². The van der Waals surface area contributed by atoms with E-state index >= 15 is 0 Å². The first-order valence-corrected chi connectivity index (χ1v) is 8.20. The van der Waals surface area contributed by atoms with Crippen molar-refractivity contribution in [2.75, 3.05) is 20.3 Å². The molecule has 1 amide bonds. The van der Waals surface area contributed by atoms with Crippen molar-refractivity contribution in [3.63, 3.8) is 0 Å². The Kier molecular flexibility index (Phi) is 6.26. The number of unbranched alkanes of at least 4 members (excludes halogenated alkanes) is 1. The molecule has 1 heterocycles. The number of amides is 1. The number of benzene rings is 1. The van der Waals surface area contributed by atoms with Gasteiger partial charge in [-0.25, -0.2) is 0 Å². The van der Waals surface area contributed by atoms with Crippen LogP contribution < -0.4 is 9.47 Å². The normalized spacial score (nSPS) is 16.5. The topological polar surface area (TPSA) is 116 Å². The van der Waals surface area contributed by atoms with E-state index in [1.807, 2.05) is 6.92 Å². The molecule has 1 aromatic rings. The highest BCUT2D eigenvalue weighted by Gasteiger charge is 2.37. The highest BCUT2D eigenvalue weighted by atomic mass is 16.6. The minimum atomic E-state index is -0.916. The number of nitro groups is 1. The van der Waals surface area contributed by atoms with Crippen molar-refractivity contribution in [1.29, 1.82) is 0 Å².